The molecule has 3 rings (SSSR count). The summed E-state index contributed by atoms with van der Waals surface area (Å²) in [6.07, 6.45) is 0.235. The monoisotopic (exact) mass is 524 g/mol. The minimum atomic E-state index is -0.795. The Bertz CT molecular complexity index is 1150. The number of anilines is 1. The predicted octanol–water partition coefficient (Wildman–Crippen LogP) is 5.49. The molecule has 0 aliphatic rings. The van der Waals surface area contributed by atoms with Crippen LogP contribution in [0.4, 0.5) is 10.5 Å². The third-order valence-corrected chi connectivity index (χ3v) is 5.61. The summed E-state index contributed by atoms with van der Waals surface area (Å²) >= 11 is 3.49. The Labute approximate surface area is 206 Å². The van der Waals surface area contributed by atoms with E-state index in [4.69, 9.17) is 9.47 Å². The van der Waals surface area contributed by atoms with E-state index < -0.39 is 6.16 Å². The van der Waals surface area contributed by atoms with E-state index in [1.807, 2.05) is 42.5 Å². The number of benzene rings is 3. The van der Waals surface area contributed by atoms with E-state index in [1.54, 1.807) is 25.1 Å². The van der Waals surface area contributed by atoms with Gasteiger partial charge in [0.2, 0.25) is 5.91 Å². The van der Waals surface area contributed by atoms with Crippen molar-refractivity contribution in [2.45, 2.75) is 26.3 Å². The zero-order chi connectivity index (χ0) is 24.3. The second kappa shape index (κ2) is 12.6. The van der Waals surface area contributed by atoms with Gasteiger partial charge in [0.15, 0.2) is 0 Å². The van der Waals surface area contributed by atoms with Gasteiger partial charge in [0, 0.05) is 28.7 Å². The first-order valence-corrected chi connectivity index (χ1v) is 11.6. The summed E-state index contributed by atoms with van der Waals surface area (Å²) in [6.45, 7) is 2.26. The summed E-state index contributed by atoms with van der Waals surface area (Å²) < 4.78 is 10.7. The van der Waals surface area contributed by atoms with Crippen LogP contribution in [0.15, 0.2) is 77.3 Å². The smallest absolute Gasteiger partial charge is 0.434 e. The number of aryl methyl sites for hydroxylation is 1. The molecule has 0 saturated heterocycles. The zero-order valence-corrected chi connectivity index (χ0v) is 20.3. The van der Waals surface area contributed by atoms with Crippen LogP contribution >= 0.6 is 15.9 Å². The van der Waals surface area contributed by atoms with Gasteiger partial charge in [-0.25, -0.2) is 4.79 Å². The largest absolute Gasteiger partial charge is 0.513 e. The van der Waals surface area contributed by atoms with Crippen molar-refractivity contribution in [3.63, 3.8) is 0 Å². The van der Waals surface area contributed by atoms with E-state index in [0.29, 0.717) is 30.6 Å². The lowest BCUT2D eigenvalue weighted by molar-refractivity contribution is -0.121. The molecule has 3 aromatic rings. The molecule has 2 amide bonds. The molecule has 8 heteroatoms. The molecule has 0 bridgehead atoms. The third kappa shape index (κ3) is 7.74. The number of amides is 2. The molecule has 0 spiro atoms. The topological polar surface area (TPSA) is 93.7 Å². The Morgan fingerprint density at radius 3 is 2.44 bits per heavy atom. The van der Waals surface area contributed by atoms with E-state index in [0.717, 1.165) is 15.6 Å². The standard InChI is InChI=1S/C26H25BrN2O5/c1-2-33-26(32)34-22-13-10-20(11-14-22)25(31)29-21-8-5-6-18(16-21)17-28-24(30)15-12-19-7-3-4-9-23(19)27/h3-11,13-14,16H,2,12,15,17H2,1H3,(H,28,30)(H,29,31). The van der Waals surface area contributed by atoms with Crippen LogP contribution in [0.3, 0.4) is 0 Å². The average molecular weight is 525 g/mol. The number of hydrogen-bond acceptors (Lipinski definition) is 5. The number of ether oxygens (including phenoxy) is 2. The van der Waals surface area contributed by atoms with Crippen LogP contribution in [0, 0.1) is 0 Å². The fourth-order valence-electron chi connectivity index (χ4n) is 3.12. The van der Waals surface area contributed by atoms with Gasteiger partial charge in [-0.1, -0.05) is 46.3 Å². The van der Waals surface area contributed by atoms with Gasteiger partial charge in [-0.15, -0.1) is 0 Å². The first-order valence-electron chi connectivity index (χ1n) is 10.8. The molecule has 3 aromatic carbocycles. The van der Waals surface area contributed by atoms with Gasteiger partial charge in [0.25, 0.3) is 5.91 Å². The number of carbonyl (C=O) groups excluding carboxylic acids is 3. The summed E-state index contributed by atoms with van der Waals surface area (Å²) in [4.78, 5) is 36.2. The molecular weight excluding hydrogens is 500 g/mol. The van der Waals surface area contributed by atoms with Gasteiger partial charge >= 0.3 is 6.16 Å². The van der Waals surface area contributed by atoms with Crippen molar-refractivity contribution in [2.24, 2.45) is 0 Å². The Hall–Kier alpha value is -3.65. The second-order valence-electron chi connectivity index (χ2n) is 7.33. The van der Waals surface area contributed by atoms with Crippen LogP contribution in [-0.4, -0.2) is 24.6 Å². The van der Waals surface area contributed by atoms with E-state index in [9.17, 15) is 14.4 Å². The minimum Gasteiger partial charge on any atom is -0.434 e. The number of rotatable bonds is 9. The van der Waals surface area contributed by atoms with Crippen LogP contribution in [0.5, 0.6) is 5.75 Å². The number of hydrogen-bond donors (Lipinski definition) is 2. The summed E-state index contributed by atoms with van der Waals surface area (Å²) in [5, 5.41) is 5.74. The number of nitrogens with one attached hydrogen (secondary N) is 2. The van der Waals surface area contributed by atoms with Crippen molar-refractivity contribution in [2.75, 3.05) is 11.9 Å². The maximum atomic E-state index is 12.6. The molecule has 0 radical (unpaired) electrons. The van der Waals surface area contributed by atoms with Crippen LogP contribution in [0.1, 0.15) is 34.8 Å². The van der Waals surface area contributed by atoms with Crippen molar-refractivity contribution >= 4 is 39.6 Å². The maximum absolute atomic E-state index is 12.6. The van der Waals surface area contributed by atoms with Crippen molar-refractivity contribution in [1.29, 1.82) is 0 Å². The average Bonchev–Trinajstić information content (AvgIpc) is 2.83. The van der Waals surface area contributed by atoms with Gasteiger partial charge in [-0.05, 0) is 66.9 Å². The molecule has 0 aliphatic carbocycles. The summed E-state index contributed by atoms with van der Waals surface area (Å²) in [7, 11) is 0. The highest BCUT2D eigenvalue weighted by molar-refractivity contribution is 9.10. The Balaban J connectivity index is 1.50. The predicted molar refractivity (Wildman–Crippen MR) is 133 cm³/mol. The van der Waals surface area contributed by atoms with Gasteiger partial charge in [-0.2, -0.15) is 0 Å². The SMILES string of the molecule is CCOC(=O)Oc1ccc(C(=O)Nc2cccc(CNC(=O)CCc3ccccc3Br)c2)cc1. The highest BCUT2D eigenvalue weighted by atomic mass is 79.9. The van der Waals surface area contributed by atoms with Crippen molar-refractivity contribution in [3.8, 4) is 5.75 Å². The van der Waals surface area contributed by atoms with Crippen LogP contribution in [0.25, 0.3) is 0 Å². The van der Waals surface area contributed by atoms with Crippen LogP contribution in [-0.2, 0) is 22.5 Å². The highest BCUT2D eigenvalue weighted by Crippen LogP contribution is 2.18. The molecule has 7 nitrogen and oxygen atoms in total. The zero-order valence-electron chi connectivity index (χ0n) is 18.7. The minimum absolute atomic E-state index is 0.0460. The van der Waals surface area contributed by atoms with Gasteiger partial charge in [0.05, 0.1) is 6.61 Å². The normalized spacial score (nSPS) is 10.3. The Morgan fingerprint density at radius 1 is 0.941 bits per heavy atom. The summed E-state index contributed by atoms with van der Waals surface area (Å²) in [5.74, 6) is -0.0695. The Morgan fingerprint density at radius 2 is 1.71 bits per heavy atom. The first-order chi connectivity index (χ1) is 16.4. The lowest BCUT2D eigenvalue weighted by Gasteiger charge is -2.10. The van der Waals surface area contributed by atoms with E-state index in [2.05, 4.69) is 26.6 Å². The molecule has 0 aromatic heterocycles. The molecule has 0 saturated carbocycles. The molecule has 0 heterocycles. The molecule has 0 aliphatic heterocycles. The number of carbonyl (C=O) groups is 3. The first kappa shape index (κ1) is 25.0. The molecule has 34 heavy (non-hydrogen) atoms. The third-order valence-electron chi connectivity index (χ3n) is 4.83. The second-order valence-corrected chi connectivity index (χ2v) is 8.19. The fraction of sp³-hybridized carbons (Fsp3) is 0.192. The van der Waals surface area contributed by atoms with Crippen molar-refractivity contribution in [1.82, 2.24) is 5.32 Å². The molecule has 0 fully saturated rings. The lowest BCUT2D eigenvalue weighted by Crippen LogP contribution is -2.23. The highest BCUT2D eigenvalue weighted by Gasteiger charge is 2.10. The maximum Gasteiger partial charge on any atom is 0.513 e. The van der Waals surface area contributed by atoms with E-state index in [-0.39, 0.29) is 24.2 Å². The van der Waals surface area contributed by atoms with E-state index in [1.165, 1.54) is 12.1 Å². The van der Waals surface area contributed by atoms with Crippen molar-refractivity contribution < 1.29 is 23.9 Å². The molecule has 0 atom stereocenters. The fourth-order valence-corrected chi connectivity index (χ4v) is 3.60. The Kier molecular flexibility index (Phi) is 9.22. The van der Waals surface area contributed by atoms with Crippen LogP contribution < -0.4 is 15.4 Å². The van der Waals surface area contributed by atoms with Gasteiger partial charge < -0.3 is 20.1 Å². The van der Waals surface area contributed by atoms with Gasteiger partial charge in [0.1, 0.15) is 5.75 Å². The quantitative estimate of drug-likeness (QED) is 0.285. The molecule has 176 valence electrons. The van der Waals surface area contributed by atoms with Crippen molar-refractivity contribution in [3.05, 3.63) is 94.0 Å². The lowest BCUT2D eigenvalue weighted by atomic mass is 10.1. The van der Waals surface area contributed by atoms with Gasteiger partial charge in [-0.3, -0.25) is 9.59 Å². The summed E-state index contributed by atoms with van der Waals surface area (Å²) in [6, 6.07) is 21.3. The van der Waals surface area contributed by atoms with E-state index >= 15 is 0 Å². The summed E-state index contributed by atoms with van der Waals surface area (Å²) in [5.41, 5.74) is 2.96. The molecule has 0 unspecified atom stereocenters. The molecule has 2 N–H and O–H groups in total. The number of halogens is 1. The molecular formula is C26H25BrN2O5. The van der Waals surface area contributed by atoms with Crippen LogP contribution in [0.2, 0.25) is 0 Å².